The molecule has 1 N–H and O–H groups in total. The van der Waals surface area contributed by atoms with E-state index >= 15 is 0 Å². The molecule has 6 nitrogen and oxygen atoms in total. The van der Waals surface area contributed by atoms with Crippen LogP contribution in [0.25, 0.3) is 10.6 Å². The molecule has 0 aliphatic rings. The number of nitro benzene ring substituents is 1. The van der Waals surface area contributed by atoms with Crippen molar-refractivity contribution in [1.29, 1.82) is 0 Å². The van der Waals surface area contributed by atoms with E-state index in [4.69, 9.17) is 0 Å². The minimum Gasteiger partial charge on any atom is -0.325 e. The Bertz CT molecular complexity index is 982. The summed E-state index contributed by atoms with van der Waals surface area (Å²) in [6.07, 6.45) is 0.116. The van der Waals surface area contributed by atoms with Gasteiger partial charge in [0, 0.05) is 17.0 Å². The molecule has 0 spiro atoms. The van der Waals surface area contributed by atoms with E-state index in [-0.39, 0.29) is 18.0 Å². The summed E-state index contributed by atoms with van der Waals surface area (Å²) in [5.74, 6) is -0.255. The number of aromatic nitrogens is 1. The first kappa shape index (κ1) is 17.8. The van der Waals surface area contributed by atoms with Gasteiger partial charge >= 0.3 is 0 Å². The van der Waals surface area contributed by atoms with E-state index in [1.165, 1.54) is 17.4 Å². The standard InChI is InChI=1S/C19H17N3O3S/c1-12-5-3-6-14(9-12)19-20-15(11-26-19)10-18(23)21-16-7-4-8-17(13(16)2)22(24)25/h3-9,11H,10H2,1-2H3,(H,21,23). The van der Waals surface area contributed by atoms with Crippen LogP contribution >= 0.6 is 11.3 Å². The van der Waals surface area contributed by atoms with Crippen molar-refractivity contribution < 1.29 is 9.72 Å². The Morgan fingerprint density at radius 3 is 2.73 bits per heavy atom. The van der Waals surface area contributed by atoms with E-state index in [9.17, 15) is 14.9 Å². The number of hydrogen-bond acceptors (Lipinski definition) is 5. The van der Waals surface area contributed by atoms with Crippen molar-refractivity contribution in [1.82, 2.24) is 4.98 Å². The number of benzene rings is 2. The van der Waals surface area contributed by atoms with Gasteiger partial charge in [0.2, 0.25) is 5.91 Å². The first-order valence-corrected chi connectivity index (χ1v) is 8.87. The average Bonchev–Trinajstić information content (AvgIpc) is 3.05. The summed E-state index contributed by atoms with van der Waals surface area (Å²) in [5, 5.41) is 16.5. The molecule has 132 valence electrons. The van der Waals surface area contributed by atoms with Gasteiger partial charge < -0.3 is 5.32 Å². The highest BCUT2D eigenvalue weighted by atomic mass is 32.1. The van der Waals surface area contributed by atoms with E-state index in [1.54, 1.807) is 19.1 Å². The van der Waals surface area contributed by atoms with Crippen LogP contribution in [-0.4, -0.2) is 15.8 Å². The monoisotopic (exact) mass is 367 g/mol. The Morgan fingerprint density at radius 1 is 1.23 bits per heavy atom. The fraction of sp³-hybridized carbons (Fsp3) is 0.158. The second-order valence-corrected chi connectivity index (χ2v) is 6.80. The topological polar surface area (TPSA) is 85.1 Å². The first-order chi connectivity index (χ1) is 12.4. The van der Waals surface area contributed by atoms with Crippen molar-refractivity contribution in [2.75, 3.05) is 5.32 Å². The summed E-state index contributed by atoms with van der Waals surface area (Å²) in [4.78, 5) is 27.4. The number of anilines is 1. The predicted octanol–water partition coefficient (Wildman–Crippen LogP) is 4.52. The van der Waals surface area contributed by atoms with Gasteiger partial charge in [-0.3, -0.25) is 14.9 Å². The molecule has 0 unspecified atom stereocenters. The summed E-state index contributed by atoms with van der Waals surface area (Å²) >= 11 is 1.49. The lowest BCUT2D eigenvalue weighted by Gasteiger charge is -2.07. The summed E-state index contributed by atoms with van der Waals surface area (Å²) in [7, 11) is 0. The molecule has 0 bridgehead atoms. The Kier molecular flexibility index (Phi) is 5.09. The SMILES string of the molecule is Cc1cccc(-c2nc(CC(=O)Nc3cccc([N+](=O)[O-])c3C)cs2)c1. The molecule has 1 heterocycles. The smallest absolute Gasteiger partial charge is 0.274 e. The zero-order valence-electron chi connectivity index (χ0n) is 14.4. The number of nitro groups is 1. The number of nitrogens with zero attached hydrogens (tertiary/aromatic N) is 2. The van der Waals surface area contributed by atoms with E-state index in [0.717, 1.165) is 16.1 Å². The largest absolute Gasteiger partial charge is 0.325 e. The molecule has 0 saturated carbocycles. The van der Waals surface area contributed by atoms with Crippen molar-refractivity contribution in [3.05, 3.63) is 74.8 Å². The van der Waals surface area contributed by atoms with Crippen LogP contribution in [0.4, 0.5) is 11.4 Å². The Morgan fingerprint density at radius 2 is 2.00 bits per heavy atom. The van der Waals surface area contributed by atoms with Crippen molar-refractivity contribution in [2.24, 2.45) is 0 Å². The van der Waals surface area contributed by atoms with Crippen LogP contribution in [0.2, 0.25) is 0 Å². The van der Waals surface area contributed by atoms with Crippen molar-refractivity contribution in [2.45, 2.75) is 20.3 Å². The van der Waals surface area contributed by atoms with Gasteiger partial charge in [-0.05, 0) is 26.0 Å². The molecule has 1 aromatic heterocycles. The van der Waals surface area contributed by atoms with Crippen LogP contribution < -0.4 is 5.32 Å². The lowest BCUT2D eigenvalue weighted by molar-refractivity contribution is -0.385. The van der Waals surface area contributed by atoms with E-state index in [0.29, 0.717) is 16.9 Å². The molecule has 0 aliphatic carbocycles. The lowest BCUT2D eigenvalue weighted by atomic mass is 10.1. The molecule has 2 aromatic carbocycles. The zero-order chi connectivity index (χ0) is 18.7. The molecule has 7 heteroatoms. The third-order valence-corrected chi connectivity index (χ3v) is 4.87. The molecular weight excluding hydrogens is 350 g/mol. The third-order valence-electron chi connectivity index (χ3n) is 3.93. The quantitative estimate of drug-likeness (QED) is 0.531. The van der Waals surface area contributed by atoms with Crippen LogP contribution in [0.1, 0.15) is 16.8 Å². The fourth-order valence-electron chi connectivity index (χ4n) is 2.61. The van der Waals surface area contributed by atoms with Gasteiger partial charge in [0.05, 0.1) is 28.3 Å². The average molecular weight is 367 g/mol. The fourth-order valence-corrected chi connectivity index (χ4v) is 3.43. The molecule has 3 rings (SSSR count). The number of nitrogens with one attached hydrogen (secondary N) is 1. The van der Waals surface area contributed by atoms with Gasteiger partial charge in [-0.25, -0.2) is 4.98 Å². The number of carbonyl (C=O) groups excluding carboxylic acids is 1. The third kappa shape index (κ3) is 3.94. The maximum absolute atomic E-state index is 12.3. The number of rotatable bonds is 5. The highest BCUT2D eigenvalue weighted by Crippen LogP contribution is 2.26. The minimum absolute atomic E-state index is 0.0156. The second-order valence-electron chi connectivity index (χ2n) is 5.95. The van der Waals surface area contributed by atoms with E-state index in [1.807, 2.05) is 30.5 Å². The summed E-state index contributed by atoms with van der Waals surface area (Å²) in [6.45, 7) is 3.64. The van der Waals surface area contributed by atoms with Crippen LogP contribution in [0.3, 0.4) is 0 Å². The lowest BCUT2D eigenvalue weighted by Crippen LogP contribution is -2.15. The van der Waals surface area contributed by atoms with Crippen molar-refractivity contribution >= 4 is 28.6 Å². The molecule has 1 amide bonds. The maximum atomic E-state index is 12.3. The predicted molar refractivity (Wildman–Crippen MR) is 102 cm³/mol. The number of aryl methyl sites for hydroxylation is 1. The van der Waals surface area contributed by atoms with Gasteiger partial charge in [0.1, 0.15) is 5.01 Å². The van der Waals surface area contributed by atoms with Gasteiger partial charge in [-0.15, -0.1) is 11.3 Å². The van der Waals surface area contributed by atoms with E-state index < -0.39 is 4.92 Å². The van der Waals surface area contributed by atoms with Gasteiger partial charge in [0.25, 0.3) is 5.69 Å². The normalized spacial score (nSPS) is 10.5. The molecule has 0 atom stereocenters. The van der Waals surface area contributed by atoms with E-state index in [2.05, 4.69) is 16.4 Å². The number of amides is 1. The minimum atomic E-state index is -0.459. The summed E-state index contributed by atoms with van der Waals surface area (Å²) in [5.41, 5.74) is 3.71. The number of thiazole rings is 1. The van der Waals surface area contributed by atoms with Crippen molar-refractivity contribution in [3.8, 4) is 10.6 Å². The first-order valence-electron chi connectivity index (χ1n) is 7.99. The van der Waals surface area contributed by atoms with Crippen LogP contribution in [0.5, 0.6) is 0 Å². The van der Waals surface area contributed by atoms with Crippen LogP contribution in [-0.2, 0) is 11.2 Å². The molecule has 0 fully saturated rings. The van der Waals surface area contributed by atoms with Crippen LogP contribution in [0.15, 0.2) is 47.8 Å². The highest BCUT2D eigenvalue weighted by Gasteiger charge is 2.15. The molecular formula is C19H17N3O3S. The Balaban J connectivity index is 1.72. The number of hydrogen-bond donors (Lipinski definition) is 1. The molecule has 3 aromatic rings. The van der Waals surface area contributed by atoms with Gasteiger partial charge in [-0.2, -0.15) is 0 Å². The van der Waals surface area contributed by atoms with Crippen LogP contribution in [0, 0.1) is 24.0 Å². The van der Waals surface area contributed by atoms with Gasteiger partial charge in [-0.1, -0.05) is 29.8 Å². The Hall–Kier alpha value is -3.06. The maximum Gasteiger partial charge on any atom is 0.274 e. The summed E-state index contributed by atoms with van der Waals surface area (Å²) in [6, 6.07) is 12.7. The Labute approximate surface area is 154 Å². The number of carbonyl (C=O) groups is 1. The molecule has 0 radical (unpaired) electrons. The van der Waals surface area contributed by atoms with Gasteiger partial charge in [0.15, 0.2) is 0 Å². The summed E-state index contributed by atoms with van der Waals surface area (Å²) < 4.78 is 0. The zero-order valence-corrected chi connectivity index (χ0v) is 15.2. The highest BCUT2D eigenvalue weighted by molar-refractivity contribution is 7.13. The molecule has 0 saturated heterocycles. The van der Waals surface area contributed by atoms with Crippen molar-refractivity contribution in [3.63, 3.8) is 0 Å². The molecule has 0 aliphatic heterocycles. The second kappa shape index (κ2) is 7.45. The molecule has 26 heavy (non-hydrogen) atoms.